The average molecular weight is 254 g/mol. The van der Waals surface area contributed by atoms with E-state index in [0.717, 1.165) is 32.7 Å². The number of piperazine rings is 1. The van der Waals surface area contributed by atoms with Crippen LogP contribution in [0.4, 0.5) is 5.69 Å². The van der Waals surface area contributed by atoms with Crippen LogP contribution in [0.3, 0.4) is 0 Å². The third kappa shape index (κ3) is 3.12. The van der Waals surface area contributed by atoms with Crippen LogP contribution in [0, 0.1) is 0 Å². The van der Waals surface area contributed by atoms with Gasteiger partial charge in [-0.25, -0.2) is 4.57 Å². The zero-order valence-corrected chi connectivity index (χ0v) is 11.1. The highest BCUT2D eigenvalue weighted by Crippen LogP contribution is 2.11. The molecule has 0 aliphatic carbocycles. The number of rotatable bonds is 3. The molecule has 98 valence electrons. The van der Waals surface area contributed by atoms with Crippen molar-refractivity contribution in [2.24, 2.45) is 0 Å². The van der Waals surface area contributed by atoms with Gasteiger partial charge in [0, 0.05) is 49.6 Å². The second-order valence-electron chi connectivity index (χ2n) is 4.95. The van der Waals surface area contributed by atoms with Crippen molar-refractivity contribution in [3.8, 4) is 0 Å². The van der Waals surface area contributed by atoms with Crippen molar-refractivity contribution in [1.82, 2.24) is 5.32 Å². The predicted octanol–water partition coefficient (Wildman–Crippen LogP) is 1.43. The summed E-state index contributed by atoms with van der Waals surface area (Å²) < 4.78 is 2.22. The molecule has 1 aliphatic rings. The Balaban J connectivity index is 1.68. The number of anilines is 1. The highest BCUT2D eigenvalue weighted by molar-refractivity contribution is 5.44. The first-order valence-electron chi connectivity index (χ1n) is 6.90. The van der Waals surface area contributed by atoms with Crippen molar-refractivity contribution in [3.63, 3.8) is 0 Å². The zero-order valence-electron chi connectivity index (χ0n) is 11.1. The zero-order chi connectivity index (χ0) is 12.9. The van der Waals surface area contributed by atoms with Gasteiger partial charge in [-0.3, -0.25) is 0 Å². The summed E-state index contributed by atoms with van der Waals surface area (Å²) in [7, 11) is 0. The first kappa shape index (κ1) is 12.2. The maximum absolute atomic E-state index is 3.38. The lowest BCUT2D eigenvalue weighted by Crippen LogP contribution is -2.44. The molecule has 2 aromatic rings. The van der Waals surface area contributed by atoms with Crippen LogP contribution in [0.1, 0.15) is 5.56 Å². The SMILES string of the molecule is c1ccc(C[n+]2ccc(N3CCNCC3)cc2)cc1. The van der Waals surface area contributed by atoms with E-state index in [2.05, 4.69) is 69.6 Å². The van der Waals surface area contributed by atoms with Crippen LogP contribution in [0.15, 0.2) is 54.9 Å². The Labute approximate surface area is 114 Å². The van der Waals surface area contributed by atoms with Crippen molar-refractivity contribution in [2.75, 3.05) is 31.1 Å². The number of nitrogens with zero attached hydrogens (tertiary/aromatic N) is 2. The van der Waals surface area contributed by atoms with Gasteiger partial charge in [0.15, 0.2) is 18.9 Å². The second kappa shape index (κ2) is 5.85. The minimum Gasteiger partial charge on any atom is -0.369 e. The molecule has 3 heteroatoms. The lowest BCUT2D eigenvalue weighted by Gasteiger charge is -2.28. The number of aromatic nitrogens is 1. The maximum Gasteiger partial charge on any atom is 0.173 e. The molecule has 3 nitrogen and oxygen atoms in total. The first-order chi connectivity index (χ1) is 9.42. The van der Waals surface area contributed by atoms with E-state index >= 15 is 0 Å². The molecule has 0 unspecified atom stereocenters. The Hall–Kier alpha value is -1.87. The maximum atomic E-state index is 3.38. The Bertz CT molecular complexity index is 501. The number of pyridine rings is 1. The van der Waals surface area contributed by atoms with E-state index in [1.807, 2.05) is 0 Å². The summed E-state index contributed by atoms with van der Waals surface area (Å²) in [6, 6.07) is 15.0. The van der Waals surface area contributed by atoms with Gasteiger partial charge in [0.05, 0.1) is 0 Å². The highest BCUT2D eigenvalue weighted by Gasteiger charge is 2.11. The summed E-state index contributed by atoms with van der Waals surface area (Å²) in [5, 5.41) is 3.38. The lowest BCUT2D eigenvalue weighted by molar-refractivity contribution is -0.688. The summed E-state index contributed by atoms with van der Waals surface area (Å²) >= 11 is 0. The van der Waals surface area contributed by atoms with Gasteiger partial charge in [-0.05, 0) is 0 Å². The molecule has 2 heterocycles. The monoisotopic (exact) mass is 254 g/mol. The molecular formula is C16H20N3+. The molecular weight excluding hydrogens is 234 g/mol. The third-order valence-electron chi connectivity index (χ3n) is 3.56. The molecule has 0 atom stereocenters. The van der Waals surface area contributed by atoms with Gasteiger partial charge in [0.1, 0.15) is 0 Å². The fraction of sp³-hybridized carbons (Fsp3) is 0.312. The van der Waals surface area contributed by atoms with E-state index < -0.39 is 0 Å². The van der Waals surface area contributed by atoms with E-state index in [1.54, 1.807) is 0 Å². The van der Waals surface area contributed by atoms with Gasteiger partial charge in [-0.2, -0.15) is 0 Å². The average Bonchev–Trinajstić information content (AvgIpc) is 2.50. The van der Waals surface area contributed by atoms with Crippen LogP contribution >= 0.6 is 0 Å². The van der Waals surface area contributed by atoms with Crippen molar-refractivity contribution in [1.29, 1.82) is 0 Å². The third-order valence-corrected chi connectivity index (χ3v) is 3.56. The van der Waals surface area contributed by atoms with Crippen LogP contribution in [-0.4, -0.2) is 26.2 Å². The van der Waals surface area contributed by atoms with E-state index in [-0.39, 0.29) is 0 Å². The summed E-state index contributed by atoms with van der Waals surface area (Å²) in [6.45, 7) is 5.30. The Morgan fingerprint density at radius 2 is 1.63 bits per heavy atom. The molecule has 3 rings (SSSR count). The fourth-order valence-electron chi connectivity index (χ4n) is 2.48. The molecule has 1 fully saturated rings. The number of hydrogen-bond acceptors (Lipinski definition) is 2. The number of benzene rings is 1. The molecule has 0 radical (unpaired) electrons. The van der Waals surface area contributed by atoms with Crippen molar-refractivity contribution >= 4 is 5.69 Å². The molecule has 0 amide bonds. The largest absolute Gasteiger partial charge is 0.369 e. The van der Waals surface area contributed by atoms with Crippen LogP contribution in [0.5, 0.6) is 0 Å². The van der Waals surface area contributed by atoms with Gasteiger partial charge >= 0.3 is 0 Å². The lowest BCUT2D eigenvalue weighted by atomic mass is 10.2. The predicted molar refractivity (Wildman–Crippen MR) is 77.3 cm³/mol. The van der Waals surface area contributed by atoms with Crippen LogP contribution in [0.2, 0.25) is 0 Å². The van der Waals surface area contributed by atoms with E-state index in [4.69, 9.17) is 0 Å². The molecule has 1 aliphatic heterocycles. The quantitative estimate of drug-likeness (QED) is 0.836. The van der Waals surface area contributed by atoms with Gasteiger partial charge in [0.2, 0.25) is 0 Å². The highest BCUT2D eigenvalue weighted by atomic mass is 15.2. The molecule has 19 heavy (non-hydrogen) atoms. The molecule has 1 aromatic carbocycles. The van der Waals surface area contributed by atoms with E-state index in [9.17, 15) is 0 Å². The van der Waals surface area contributed by atoms with E-state index in [0.29, 0.717) is 0 Å². The molecule has 1 aromatic heterocycles. The molecule has 0 spiro atoms. The van der Waals surface area contributed by atoms with Gasteiger partial charge < -0.3 is 10.2 Å². The Morgan fingerprint density at radius 1 is 0.947 bits per heavy atom. The van der Waals surface area contributed by atoms with Gasteiger partial charge in [0.25, 0.3) is 0 Å². The van der Waals surface area contributed by atoms with Crippen molar-refractivity contribution in [3.05, 3.63) is 60.4 Å². The van der Waals surface area contributed by atoms with Crippen molar-refractivity contribution < 1.29 is 4.57 Å². The summed E-state index contributed by atoms with van der Waals surface area (Å²) in [5.74, 6) is 0. The molecule has 0 bridgehead atoms. The molecule has 0 saturated carbocycles. The summed E-state index contributed by atoms with van der Waals surface area (Å²) in [5.41, 5.74) is 2.66. The van der Waals surface area contributed by atoms with Gasteiger partial charge in [-0.15, -0.1) is 0 Å². The first-order valence-corrected chi connectivity index (χ1v) is 6.90. The minimum absolute atomic E-state index is 0.933. The number of hydrogen-bond donors (Lipinski definition) is 1. The Morgan fingerprint density at radius 3 is 2.32 bits per heavy atom. The summed E-state index contributed by atoms with van der Waals surface area (Å²) in [4.78, 5) is 2.43. The van der Waals surface area contributed by atoms with Crippen LogP contribution in [-0.2, 0) is 6.54 Å². The standard InChI is InChI=1S/C16H20N3/c1-2-4-15(5-3-1)14-18-10-6-16(7-11-18)19-12-8-17-9-13-19/h1-7,10-11,17H,8-9,12-14H2/q+1. The van der Waals surface area contributed by atoms with Crippen LogP contribution in [0.25, 0.3) is 0 Å². The Kier molecular flexibility index (Phi) is 3.75. The summed E-state index contributed by atoms with van der Waals surface area (Å²) in [6.07, 6.45) is 4.34. The smallest absolute Gasteiger partial charge is 0.173 e. The fourth-order valence-corrected chi connectivity index (χ4v) is 2.48. The number of nitrogens with one attached hydrogen (secondary N) is 1. The second-order valence-corrected chi connectivity index (χ2v) is 4.95. The van der Waals surface area contributed by atoms with Gasteiger partial charge in [-0.1, -0.05) is 30.3 Å². The van der Waals surface area contributed by atoms with Crippen molar-refractivity contribution in [2.45, 2.75) is 6.54 Å². The molecule has 1 saturated heterocycles. The molecule has 1 N–H and O–H groups in total. The van der Waals surface area contributed by atoms with Crippen LogP contribution < -0.4 is 14.8 Å². The minimum atomic E-state index is 0.933. The normalized spacial score (nSPS) is 15.5. The topological polar surface area (TPSA) is 19.1 Å². The van der Waals surface area contributed by atoms with E-state index in [1.165, 1.54) is 11.3 Å².